The maximum Gasteiger partial charge on any atom is 0.244 e. The molecule has 2 aromatic rings. The fourth-order valence-electron chi connectivity index (χ4n) is 3.25. The van der Waals surface area contributed by atoms with Crippen LogP contribution in [0, 0.1) is 13.8 Å². The molecule has 24 heavy (non-hydrogen) atoms. The smallest absolute Gasteiger partial charge is 0.244 e. The Labute approximate surface area is 143 Å². The van der Waals surface area contributed by atoms with E-state index in [1.165, 1.54) is 16.8 Å². The van der Waals surface area contributed by atoms with Crippen molar-refractivity contribution in [1.82, 2.24) is 4.90 Å². The first-order valence-corrected chi connectivity index (χ1v) is 8.48. The first-order valence-electron chi connectivity index (χ1n) is 8.48. The monoisotopic (exact) mass is 323 g/mol. The molecule has 1 atom stereocenters. The summed E-state index contributed by atoms with van der Waals surface area (Å²) >= 11 is 0. The van der Waals surface area contributed by atoms with E-state index in [4.69, 9.17) is 5.73 Å². The fourth-order valence-corrected chi connectivity index (χ4v) is 3.25. The molecular weight excluding hydrogens is 298 g/mol. The summed E-state index contributed by atoms with van der Waals surface area (Å²) in [5.41, 5.74) is 10.9. The molecule has 0 unspecified atom stereocenters. The van der Waals surface area contributed by atoms with E-state index < -0.39 is 6.04 Å². The van der Waals surface area contributed by atoms with E-state index in [0.29, 0.717) is 13.1 Å². The number of aryl methyl sites for hydroxylation is 1. The highest BCUT2D eigenvalue weighted by Crippen LogP contribution is 2.24. The van der Waals surface area contributed by atoms with E-state index in [9.17, 15) is 4.79 Å². The van der Waals surface area contributed by atoms with Crippen LogP contribution in [0.4, 0.5) is 5.69 Å². The molecule has 0 saturated carbocycles. The lowest BCUT2D eigenvalue weighted by atomic mass is 10.1. The van der Waals surface area contributed by atoms with Gasteiger partial charge in [-0.1, -0.05) is 42.5 Å². The molecule has 1 saturated heterocycles. The number of benzene rings is 2. The SMILES string of the molecule is Cc1cccc(N2CCN(C(=O)[C@@H](N)c3ccccc3)CC2)c1C. The van der Waals surface area contributed by atoms with Crippen LogP contribution in [0.5, 0.6) is 0 Å². The van der Waals surface area contributed by atoms with Gasteiger partial charge in [0, 0.05) is 31.9 Å². The Balaban J connectivity index is 1.64. The number of hydrogen-bond acceptors (Lipinski definition) is 3. The predicted octanol–water partition coefficient (Wildman–Crippen LogP) is 2.65. The molecule has 1 fully saturated rings. The Bertz CT molecular complexity index is 706. The molecule has 4 nitrogen and oxygen atoms in total. The average molecular weight is 323 g/mol. The summed E-state index contributed by atoms with van der Waals surface area (Å²) in [6, 6.07) is 15.4. The minimum absolute atomic E-state index is 0.0156. The van der Waals surface area contributed by atoms with Crippen LogP contribution >= 0.6 is 0 Å². The van der Waals surface area contributed by atoms with E-state index in [-0.39, 0.29) is 5.91 Å². The molecule has 1 amide bonds. The molecule has 1 aliphatic rings. The zero-order chi connectivity index (χ0) is 17.1. The van der Waals surface area contributed by atoms with Gasteiger partial charge in [-0.3, -0.25) is 4.79 Å². The molecule has 126 valence electrons. The van der Waals surface area contributed by atoms with Crippen LogP contribution in [0.1, 0.15) is 22.7 Å². The van der Waals surface area contributed by atoms with Gasteiger partial charge in [-0.15, -0.1) is 0 Å². The molecule has 2 aromatic carbocycles. The van der Waals surface area contributed by atoms with Gasteiger partial charge in [0.05, 0.1) is 0 Å². The molecule has 0 radical (unpaired) electrons. The van der Waals surface area contributed by atoms with Gasteiger partial charge in [0.25, 0.3) is 0 Å². The third-order valence-corrected chi connectivity index (χ3v) is 4.93. The van der Waals surface area contributed by atoms with Gasteiger partial charge in [0.1, 0.15) is 6.04 Å². The van der Waals surface area contributed by atoms with Crippen LogP contribution in [0.2, 0.25) is 0 Å². The van der Waals surface area contributed by atoms with Crippen LogP contribution in [0.15, 0.2) is 48.5 Å². The minimum atomic E-state index is -0.571. The highest BCUT2D eigenvalue weighted by molar-refractivity contribution is 5.83. The second-order valence-electron chi connectivity index (χ2n) is 6.42. The molecule has 1 heterocycles. The molecule has 0 bridgehead atoms. The summed E-state index contributed by atoms with van der Waals surface area (Å²) in [4.78, 5) is 16.9. The van der Waals surface area contributed by atoms with Crippen LogP contribution in [0.25, 0.3) is 0 Å². The quantitative estimate of drug-likeness (QED) is 0.945. The Morgan fingerprint density at radius 2 is 1.62 bits per heavy atom. The second-order valence-corrected chi connectivity index (χ2v) is 6.42. The van der Waals surface area contributed by atoms with Gasteiger partial charge in [-0.25, -0.2) is 0 Å². The average Bonchev–Trinajstić information content (AvgIpc) is 2.64. The lowest BCUT2D eigenvalue weighted by Crippen LogP contribution is -2.51. The molecule has 3 rings (SSSR count). The number of carbonyl (C=O) groups is 1. The lowest BCUT2D eigenvalue weighted by Gasteiger charge is -2.38. The molecular formula is C20H25N3O. The number of carbonyl (C=O) groups excluding carboxylic acids is 1. The largest absolute Gasteiger partial charge is 0.368 e. The van der Waals surface area contributed by atoms with E-state index in [1.807, 2.05) is 35.2 Å². The van der Waals surface area contributed by atoms with Crippen LogP contribution in [-0.2, 0) is 4.79 Å². The maximum absolute atomic E-state index is 12.6. The van der Waals surface area contributed by atoms with Crippen molar-refractivity contribution >= 4 is 11.6 Å². The number of hydrogen-bond donors (Lipinski definition) is 1. The Morgan fingerprint density at radius 3 is 2.29 bits per heavy atom. The van der Waals surface area contributed by atoms with Gasteiger partial charge < -0.3 is 15.5 Å². The number of anilines is 1. The maximum atomic E-state index is 12.6. The standard InChI is InChI=1S/C20H25N3O/c1-15-7-6-10-18(16(15)2)22-11-13-23(14-12-22)20(24)19(21)17-8-4-3-5-9-17/h3-10,19H,11-14,21H2,1-2H3/t19-/m0/s1. The highest BCUT2D eigenvalue weighted by Gasteiger charge is 2.26. The zero-order valence-electron chi connectivity index (χ0n) is 14.4. The van der Waals surface area contributed by atoms with Crippen molar-refractivity contribution in [2.24, 2.45) is 5.73 Å². The van der Waals surface area contributed by atoms with Gasteiger partial charge in [-0.05, 0) is 36.6 Å². The van der Waals surface area contributed by atoms with Gasteiger partial charge in [-0.2, -0.15) is 0 Å². The number of piperazine rings is 1. The van der Waals surface area contributed by atoms with E-state index in [0.717, 1.165) is 18.7 Å². The molecule has 1 aliphatic heterocycles. The van der Waals surface area contributed by atoms with E-state index in [1.54, 1.807) is 0 Å². The van der Waals surface area contributed by atoms with Gasteiger partial charge in [0.15, 0.2) is 0 Å². The summed E-state index contributed by atoms with van der Waals surface area (Å²) < 4.78 is 0. The summed E-state index contributed by atoms with van der Waals surface area (Å²) in [6.45, 7) is 7.42. The molecule has 0 aromatic heterocycles. The highest BCUT2D eigenvalue weighted by atomic mass is 16.2. The number of nitrogens with two attached hydrogens (primary N) is 1. The van der Waals surface area contributed by atoms with Gasteiger partial charge in [0.2, 0.25) is 5.91 Å². The third kappa shape index (κ3) is 3.29. The Hall–Kier alpha value is -2.33. The first kappa shape index (κ1) is 16.5. The van der Waals surface area contributed by atoms with Crippen molar-refractivity contribution in [3.63, 3.8) is 0 Å². The topological polar surface area (TPSA) is 49.6 Å². The van der Waals surface area contributed by atoms with Crippen molar-refractivity contribution < 1.29 is 4.79 Å². The number of rotatable bonds is 3. The van der Waals surface area contributed by atoms with E-state index >= 15 is 0 Å². The van der Waals surface area contributed by atoms with Crippen LogP contribution in [-0.4, -0.2) is 37.0 Å². The fraction of sp³-hybridized carbons (Fsp3) is 0.350. The Kier molecular flexibility index (Phi) is 4.86. The summed E-state index contributed by atoms with van der Waals surface area (Å²) in [7, 11) is 0. The zero-order valence-corrected chi connectivity index (χ0v) is 14.4. The lowest BCUT2D eigenvalue weighted by molar-refractivity contribution is -0.133. The summed E-state index contributed by atoms with van der Waals surface area (Å²) in [6.07, 6.45) is 0. The second kappa shape index (κ2) is 7.05. The van der Waals surface area contributed by atoms with Crippen LogP contribution < -0.4 is 10.6 Å². The van der Waals surface area contributed by atoms with Crippen molar-refractivity contribution in [3.05, 3.63) is 65.2 Å². The molecule has 0 spiro atoms. The minimum Gasteiger partial charge on any atom is -0.368 e. The van der Waals surface area contributed by atoms with Gasteiger partial charge >= 0.3 is 0 Å². The van der Waals surface area contributed by atoms with Crippen LogP contribution in [0.3, 0.4) is 0 Å². The summed E-state index contributed by atoms with van der Waals surface area (Å²) in [5.74, 6) is 0.0156. The molecule has 2 N–H and O–H groups in total. The van der Waals surface area contributed by atoms with Crippen molar-refractivity contribution in [1.29, 1.82) is 0 Å². The number of amides is 1. The normalized spacial score (nSPS) is 16.1. The first-order chi connectivity index (χ1) is 11.6. The van der Waals surface area contributed by atoms with Crippen molar-refractivity contribution in [3.8, 4) is 0 Å². The van der Waals surface area contributed by atoms with E-state index in [2.05, 4.69) is 36.9 Å². The third-order valence-electron chi connectivity index (χ3n) is 4.93. The van der Waals surface area contributed by atoms with Crippen molar-refractivity contribution in [2.75, 3.05) is 31.1 Å². The number of nitrogens with zero attached hydrogens (tertiary/aromatic N) is 2. The summed E-state index contributed by atoms with van der Waals surface area (Å²) in [5, 5.41) is 0. The predicted molar refractivity (Wildman–Crippen MR) is 98.1 cm³/mol. The molecule has 0 aliphatic carbocycles. The Morgan fingerprint density at radius 1 is 0.958 bits per heavy atom. The molecule has 4 heteroatoms. The van der Waals surface area contributed by atoms with Crippen molar-refractivity contribution in [2.45, 2.75) is 19.9 Å².